The van der Waals surface area contributed by atoms with Crippen LogP contribution in [0.2, 0.25) is 0 Å². The summed E-state index contributed by atoms with van der Waals surface area (Å²) in [6, 6.07) is 10.9. The van der Waals surface area contributed by atoms with E-state index in [-0.39, 0.29) is 12.1 Å². The summed E-state index contributed by atoms with van der Waals surface area (Å²) in [5.41, 5.74) is 4.06. The number of amidine groups is 1. The van der Waals surface area contributed by atoms with Gasteiger partial charge in [0.2, 0.25) is 0 Å². The van der Waals surface area contributed by atoms with Crippen molar-refractivity contribution in [2.75, 3.05) is 5.75 Å². The van der Waals surface area contributed by atoms with Gasteiger partial charge in [0, 0.05) is 18.0 Å². The van der Waals surface area contributed by atoms with Gasteiger partial charge >= 0.3 is 0 Å². The molecule has 2 aliphatic rings. The van der Waals surface area contributed by atoms with Gasteiger partial charge in [-0.1, -0.05) is 36.9 Å². The molecule has 130 valence electrons. The molecule has 3 heterocycles. The predicted molar refractivity (Wildman–Crippen MR) is 103 cm³/mol. The number of aryl methyl sites for hydroxylation is 2. The molecule has 0 unspecified atom stereocenters. The van der Waals surface area contributed by atoms with Crippen LogP contribution in [-0.4, -0.2) is 32.0 Å². The number of pyridine rings is 1. The maximum atomic E-state index is 10.2. The summed E-state index contributed by atoms with van der Waals surface area (Å²) < 4.78 is 0. The van der Waals surface area contributed by atoms with Crippen molar-refractivity contribution in [2.45, 2.75) is 45.3 Å². The molecule has 1 N–H and O–H groups in total. The van der Waals surface area contributed by atoms with Crippen LogP contribution >= 0.6 is 11.8 Å². The number of nitrogens with zero attached hydrogens (tertiary/aromatic N) is 3. The number of phenolic OH excluding ortho intramolecular Hbond substituents is 1. The lowest BCUT2D eigenvalue weighted by atomic mass is 9.92. The Balaban J connectivity index is 1.83. The third kappa shape index (κ3) is 2.71. The largest absolute Gasteiger partial charge is 0.507 e. The van der Waals surface area contributed by atoms with Gasteiger partial charge in [0.15, 0.2) is 5.17 Å². The molecule has 1 aromatic carbocycles. The van der Waals surface area contributed by atoms with Crippen molar-refractivity contribution in [1.82, 2.24) is 9.88 Å². The van der Waals surface area contributed by atoms with Gasteiger partial charge in [0.1, 0.15) is 11.8 Å². The summed E-state index contributed by atoms with van der Waals surface area (Å²) in [6.45, 7) is 6.18. The molecular formula is C20H23N3OS. The van der Waals surface area contributed by atoms with Gasteiger partial charge in [-0.25, -0.2) is 0 Å². The summed E-state index contributed by atoms with van der Waals surface area (Å²) in [6.07, 6.45) is 2.95. The molecule has 2 aliphatic heterocycles. The highest BCUT2D eigenvalue weighted by Crippen LogP contribution is 2.49. The highest BCUT2D eigenvalue weighted by molar-refractivity contribution is 8.14. The molecule has 0 bridgehead atoms. The van der Waals surface area contributed by atoms with Crippen LogP contribution in [0.25, 0.3) is 0 Å². The van der Waals surface area contributed by atoms with Crippen LogP contribution in [0.1, 0.15) is 47.8 Å². The van der Waals surface area contributed by atoms with E-state index in [1.54, 1.807) is 0 Å². The standard InChI is InChI=1S/C20H23N3OS/c1-4-15-11-25-20-22-17(16-7-5-6-8-21-16)18(23(15)20)14-9-12(2)19(24)13(3)10-14/h5-10,15,17-18,24H,4,11H2,1-3H3/t15-,17+,18+/m1/s1. The zero-order chi connectivity index (χ0) is 17.6. The Hall–Kier alpha value is -2.01. The van der Waals surface area contributed by atoms with Crippen LogP contribution in [-0.2, 0) is 0 Å². The maximum Gasteiger partial charge on any atom is 0.160 e. The molecule has 4 rings (SSSR count). The van der Waals surface area contributed by atoms with Crippen molar-refractivity contribution < 1.29 is 5.11 Å². The smallest absolute Gasteiger partial charge is 0.160 e. The second kappa shape index (κ2) is 6.37. The summed E-state index contributed by atoms with van der Waals surface area (Å²) in [4.78, 5) is 12.1. The molecule has 5 heteroatoms. The first-order valence-corrected chi connectivity index (χ1v) is 9.78. The van der Waals surface area contributed by atoms with Gasteiger partial charge in [-0.3, -0.25) is 9.98 Å². The van der Waals surface area contributed by atoms with Crippen molar-refractivity contribution in [2.24, 2.45) is 4.99 Å². The highest BCUT2D eigenvalue weighted by Gasteiger charge is 2.45. The molecule has 4 nitrogen and oxygen atoms in total. The number of phenols is 1. The lowest BCUT2D eigenvalue weighted by Gasteiger charge is -2.32. The highest BCUT2D eigenvalue weighted by atomic mass is 32.2. The molecule has 2 aromatic rings. The van der Waals surface area contributed by atoms with E-state index in [2.05, 4.69) is 35.0 Å². The minimum Gasteiger partial charge on any atom is -0.507 e. The van der Waals surface area contributed by atoms with Gasteiger partial charge in [-0.2, -0.15) is 0 Å². The fourth-order valence-electron chi connectivity index (χ4n) is 3.87. The number of rotatable bonds is 3. The second-order valence-corrected chi connectivity index (χ2v) is 7.83. The third-order valence-electron chi connectivity index (χ3n) is 5.18. The molecule has 0 saturated carbocycles. The van der Waals surface area contributed by atoms with Gasteiger partial charge < -0.3 is 10.0 Å². The Morgan fingerprint density at radius 3 is 2.64 bits per heavy atom. The number of aromatic nitrogens is 1. The third-order valence-corrected chi connectivity index (χ3v) is 6.31. The SMILES string of the molecule is CC[C@@H]1CSC2=N[C@@H](c3ccccn3)[C@H](c3cc(C)c(O)c(C)c3)N21. The summed E-state index contributed by atoms with van der Waals surface area (Å²) in [5.74, 6) is 1.48. The first kappa shape index (κ1) is 16.5. The van der Waals surface area contributed by atoms with Crippen LogP contribution < -0.4 is 0 Å². The molecule has 3 atom stereocenters. The fourth-order valence-corrected chi connectivity index (χ4v) is 5.21. The monoisotopic (exact) mass is 353 g/mol. The Morgan fingerprint density at radius 1 is 1.24 bits per heavy atom. The van der Waals surface area contributed by atoms with Crippen molar-refractivity contribution in [3.8, 4) is 5.75 Å². The maximum absolute atomic E-state index is 10.2. The minimum atomic E-state index is 0.00129. The normalized spacial score (nSPS) is 25.2. The van der Waals surface area contributed by atoms with Crippen LogP contribution in [0.4, 0.5) is 0 Å². The average Bonchev–Trinajstić information content (AvgIpc) is 3.18. The summed E-state index contributed by atoms with van der Waals surface area (Å²) in [7, 11) is 0. The molecule has 0 radical (unpaired) electrons. The van der Waals surface area contributed by atoms with E-state index in [0.29, 0.717) is 11.8 Å². The van der Waals surface area contributed by atoms with Gasteiger partial charge in [-0.15, -0.1) is 0 Å². The zero-order valence-electron chi connectivity index (χ0n) is 14.8. The number of hydrogen-bond acceptors (Lipinski definition) is 5. The fraction of sp³-hybridized carbons (Fsp3) is 0.400. The van der Waals surface area contributed by atoms with Crippen molar-refractivity contribution in [3.63, 3.8) is 0 Å². The molecule has 0 spiro atoms. The number of benzene rings is 1. The van der Waals surface area contributed by atoms with Crippen molar-refractivity contribution in [1.29, 1.82) is 0 Å². The Bertz CT molecular complexity index is 798. The van der Waals surface area contributed by atoms with Crippen LogP contribution in [0.15, 0.2) is 41.5 Å². The Kier molecular flexibility index (Phi) is 4.20. The number of hydrogen-bond donors (Lipinski definition) is 1. The Morgan fingerprint density at radius 2 is 2.00 bits per heavy atom. The summed E-state index contributed by atoms with van der Waals surface area (Å²) in [5, 5.41) is 11.3. The lowest BCUT2D eigenvalue weighted by molar-refractivity contribution is 0.255. The number of aliphatic imine (C=N–C) groups is 1. The quantitative estimate of drug-likeness (QED) is 0.889. The number of thioether (sulfide) groups is 1. The van der Waals surface area contributed by atoms with Gasteiger partial charge in [0.25, 0.3) is 0 Å². The average molecular weight is 353 g/mol. The van der Waals surface area contributed by atoms with Crippen LogP contribution in [0, 0.1) is 13.8 Å². The van der Waals surface area contributed by atoms with Gasteiger partial charge in [0.05, 0.1) is 11.7 Å². The zero-order valence-corrected chi connectivity index (χ0v) is 15.6. The summed E-state index contributed by atoms with van der Waals surface area (Å²) >= 11 is 1.85. The Labute approximate surface area is 153 Å². The number of fused-ring (bicyclic) bond motifs is 1. The van der Waals surface area contributed by atoms with Crippen molar-refractivity contribution >= 4 is 16.9 Å². The molecule has 1 aromatic heterocycles. The van der Waals surface area contributed by atoms with Crippen LogP contribution in [0.3, 0.4) is 0 Å². The van der Waals surface area contributed by atoms with Gasteiger partial charge in [-0.05, 0) is 49.1 Å². The molecule has 0 amide bonds. The van der Waals surface area contributed by atoms with E-state index >= 15 is 0 Å². The van der Waals surface area contributed by atoms with Crippen LogP contribution in [0.5, 0.6) is 5.75 Å². The topological polar surface area (TPSA) is 48.7 Å². The van der Waals surface area contributed by atoms with E-state index in [0.717, 1.165) is 34.2 Å². The minimum absolute atomic E-state index is 0.00129. The molecule has 25 heavy (non-hydrogen) atoms. The van der Waals surface area contributed by atoms with E-state index in [1.165, 1.54) is 5.56 Å². The van der Waals surface area contributed by atoms with E-state index in [9.17, 15) is 5.11 Å². The van der Waals surface area contributed by atoms with E-state index in [1.807, 2.05) is 43.9 Å². The molecule has 0 aliphatic carbocycles. The lowest BCUT2D eigenvalue weighted by Crippen LogP contribution is -2.35. The van der Waals surface area contributed by atoms with E-state index < -0.39 is 0 Å². The van der Waals surface area contributed by atoms with E-state index in [4.69, 9.17) is 4.99 Å². The molecule has 1 fully saturated rings. The first-order valence-electron chi connectivity index (χ1n) is 8.80. The molecular weight excluding hydrogens is 330 g/mol. The second-order valence-electron chi connectivity index (χ2n) is 6.84. The number of aromatic hydroxyl groups is 1. The first-order chi connectivity index (χ1) is 12.1. The molecule has 1 saturated heterocycles. The predicted octanol–water partition coefficient (Wildman–Crippen LogP) is 4.38. The van der Waals surface area contributed by atoms with Crippen molar-refractivity contribution in [3.05, 3.63) is 58.9 Å².